The summed E-state index contributed by atoms with van der Waals surface area (Å²) in [5, 5.41) is 2.67. The Morgan fingerprint density at radius 3 is 2.41 bits per heavy atom. The normalized spacial score (nSPS) is 14.8. The molecule has 1 rings (SSSR count). The number of halogens is 1. The predicted molar refractivity (Wildman–Crippen MR) is 81.6 cm³/mol. The second kappa shape index (κ2) is 8.48. The minimum Gasteiger partial charge on any atom is -0.468 e. The molecule has 3 atom stereocenters. The summed E-state index contributed by atoms with van der Waals surface area (Å²) in [5.74, 6) is -1.86. The van der Waals surface area contributed by atoms with Gasteiger partial charge >= 0.3 is 5.97 Å². The Kier molecular flexibility index (Phi) is 6.98. The summed E-state index contributed by atoms with van der Waals surface area (Å²) in [6.45, 7) is 3.90. The number of carbonyl (C=O) groups excluding carboxylic acids is 2. The molecule has 0 heterocycles. The van der Waals surface area contributed by atoms with Crippen molar-refractivity contribution in [1.82, 2.24) is 5.32 Å². The third-order valence-electron chi connectivity index (χ3n) is 3.80. The first kappa shape index (κ1) is 18.1. The van der Waals surface area contributed by atoms with Crippen LogP contribution in [0.2, 0.25) is 0 Å². The van der Waals surface area contributed by atoms with Crippen LogP contribution in [0.5, 0.6) is 0 Å². The molecule has 122 valence electrons. The maximum Gasteiger partial charge on any atom is 0.314 e. The highest BCUT2D eigenvalue weighted by Crippen LogP contribution is 2.17. The van der Waals surface area contributed by atoms with Crippen LogP contribution in [0.1, 0.15) is 31.7 Å². The van der Waals surface area contributed by atoms with E-state index in [0.29, 0.717) is 5.56 Å². The number of benzene rings is 1. The number of ether oxygens (including phenoxy) is 1. The molecule has 22 heavy (non-hydrogen) atoms. The molecule has 0 spiro atoms. The quantitative estimate of drug-likeness (QED) is 0.749. The molecule has 0 saturated heterocycles. The molecule has 0 saturated carbocycles. The number of nitrogens with one attached hydrogen (secondary N) is 1. The van der Waals surface area contributed by atoms with E-state index >= 15 is 0 Å². The highest BCUT2D eigenvalue weighted by molar-refractivity contribution is 5.83. The lowest BCUT2D eigenvalue weighted by atomic mass is 9.97. The molecule has 1 aromatic carbocycles. The zero-order valence-corrected chi connectivity index (χ0v) is 13.1. The van der Waals surface area contributed by atoms with Crippen molar-refractivity contribution in [3.8, 4) is 0 Å². The first-order valence-electron chi connectivity index (χ1n) is 7.27. The number of carbonyl (C=O) groups is 2. The predicted octanol–water partition coefficient (Wildman–Crippen LogP) is 1.57. The van der Waals surface area contributed by atoms with Crippen LogP contribution in [-0.4, -0.2) is 31.6 Å². The van der Waals surface area contributed by atoms with Gasteiger partial charge in [-0.05, 0) is 23.6 Å². The van der Waals surface area contributed by atoms with Crippen LogP contribution in [0.4, 0.5) is 4.39 Å². The first-order chi connectivity index (χ1) is 10.4. The van der Waals surface area contributed by atoms with E-state index < -0.39 is 23.7 Å². The van der Waals surface area contributed by atoms with Gasteiger partial charge in [-0.2, -0.15) is 0 Å². The third kappa shape index (κ3) is 4.80. The molecule has 0 aliphatic heterocycles. The van der Waals surface area contributed by atoms with Crippen LogP contribution in [-0.2, 0) is 14.3 Å². The minimum atomic E-state index is -0.696. The molecular weight excluding hydrogens is 287 g/mol. The van der Waals surface area contributed by atoms with Gasteiger partial charge in [-0.25, -0.2) is 4.39 Å². The number of methoxy groups -OCH3 is 1. The van der Waals surface area contributed by atoms with Crippen LogP contribution in [0, 0.1) is 11.7 Å². The van der Waals surface area contributed by atoms with Gasteiger partial charge in [-0.15, -0.1) is 0 Å². The van der Waals surface area contributed by atoms with E-state index in [4.69, 9.17) is 10.5 Å². The second-order valence-electron chi connectivity index (χ2n) is 5.28. The molecule has 1 amide bonds. The summed E-state index contributed by atoms with van der Waals surface area (Å²) in [6, 6.07) is 4.89. The molecular formula is C16H23FN2O3. The third-order valence-corrected chi connectivity index (χ3v) is 3.80. The molecule has 6 heteroatoms. The number of amides is 1. The SMILES string of the molecule is CCC(C)C(N)C(=O)NCC(C(=O)OC)c1ccc(F)cc1. The van der Waals surface area contributed by atoms with E-state index in [2.05, 4.69) is 5.32 Å². The lowest BCUT2D eigenvalue weighted by Crippen LogP contribution is -2.46. The molecule has 0 aromatic heterocycles. The van der Waals surface area contributed by atoms with E-state index in [9.17, 15) is 14.0 Å². The van der Waals surface area contributed by atoms with Crippen molar-refractivity contribution in [3.63, 3.8) is 0 Å². The lowest BCUT2D eigenvalue weighted by Gasteiger charge is -2.20. The molecule has 0 aliphatic rings. The summed E-state index contributed by atoms with van der Waals surface area (Å²) in [7, 11) is 1.27. The average Bonchev–Trinajstić information content (AvgIpc) is 2.54. The Morgan fingerprint density at radius 2 is 1.91 bits per heavy atom. The summed E-state index contributed by atoms with van der Waals surface area (Å²) in [4.78, 5) is 23.9. The maximum absolute atomic E-state index is 13.0. The van der Waals surface area contributed by atoms with Crippen LogP contribution in [0.3, 0.4) is 0 Å². The van der Waals surface area contributed by atoms with Crippen molar-refractivity contribution < 1.29 is 18.7 Å². The molecule has 5 nitrogen and oxygen atoms in total. The molecule has 0 radical (unpaired) electrons. The van der Waals surface area contributed by atoms with Crippen molar-refractivity contribution in [2.45, 2.75) is 32.2 Å². The van der Waals surface area contributed by atoms with Crippen molar-refractivity contribution in [2.75, 3.05) is 13.7 Å². The fraction of sp³-hybridized carbons (Fsp3) is 0.500. The molecule has 3 N–H and O–H groups in total. The fourth-order valence-corrected chi connectivity index (χ4v) is 2.01. The van der Waals surface area contributed by atoms with E-state index in [0.717, 1.165) is 6.42 Å². The van der Waals surface area contributed by atoms with Gasteiger partial charge in [0.2, 0.25) is 5.91 Å². The number of hydrogen-bond acceptors (Lipinski definition) is 4. The van der Waals surface area contributed by atoms with E-state index in [1.165, 1.54) is 31.4 Å². The van der Waals surface area contributed by atoms with E-state index in [1.54, 1.807) is 0 Å². The zero-order valence-electron chi connectivity index (χ0n) is 13.1. The Balaban J connectivity index is 2.77. The monoisotopic (exact) mass is 310 g/mol. The highest BCUT2D eigenvalue weighted by Gasteiger charge is 2.25. The number of esters is 1. The van der Waals surface area contributed by atoms with Gasteiger partial charge in [-0.3, -0.25) is 9.59 Å². The van der Waals surface area contributed by atoms with Crippen molar-refractivity contribution >= 4 is 11.9 Å². The van der Waals surface area contributed by atoms with Crippen LogP contribution in [0.25, 0.3) is 0 Å². The molecule has 0 aliphatic carbocycles. The van der Waals surface area contributed by atoms with Crippen LogP contribution >= 0.6 is 0 Å². The minimum absolute atomic E-state index is 0.0439. The van der Waals surface area contributed by atoms with Crippen LogP contribution in [0.15, 0.2) is 24.3 Å². The van der Waals surface area contributed by atoms with Crippen molar-refractivity contribution in [2.24, 2.45) is 11.7 Å². The second-order valence-corrected chi connectivity index (χ2v) is 5.28. The summed E-state index contributed by atoms with van der Waals surface area (Å²) in [5.41, 5.74) is 6.42. The van der Waals surface area contributed by atoms with Gasteiger partial charge in [0, 0.05) is 6.54 Å². The number of hydrogen-bond donors (Lipinski definition) is 2. The number of rotatable bonds is 7. The Hall–Kier alpha value is -1.95. The van der Waals surface area contributed by atoms with Gasteiger partial charge in [-0.1, -0.05) is 32.4 Å². The van der Waals surface area contributed by atoms with Gasteiger partial charge < -0.3 is 15.8 Å². The Labute approximate surface area is 130 Å². The summed E-state index contributed by atoms with van der Waals surface area (Å²) in [6.07, 6.45) is 0.785. The lowest BCUT2D eigenvalue weighted by molar-refractivity contribution is -0.142. The smallest absolute Gasteiger partial charge is 0.314 e. The van der Waals surface area contributed by atoms with Crippen molar-refractivity contribution in [1.29, 1.82) is 0 Å². The van der Waals surface area contributed by atoms with Gasteiger partial charge in [0.05, 0.1) is 19.1 Å². The standard InChI is InChI=1S/C16H23FN2O3/c1-4-10(2)14(18)15(20)19-9-13(16(21)22-3)11-5-7-12(17)8-6-11/h5-8,10,13-14H,4,9,18H2,1-3H3,(H,19,20). The van der Waals surface area contributed by atoms with Gasteiger partial charge in [0.1, 0.15) is 5.82 Å². The maximum atomic E-state index is 13.0. The molecule has 3 unspecified atom stereocenters. The zero-order chi connectivity index (χ0) is 16.7. The molecule has 0 bridgehead atoms. The number of nitrogens with two attached hydrogens (primary N) is 1. The van der Waals surface area contributed by atoms with Gasteiger partial charge in [0.25, 0.3) is 0 Å². The summed E-state index contributed by atoms with van der Waals surface area (Å²) < 4.78 is 17.7. The van der Waals surface area contributed by atoms with Gasteiger partial charge in [0.15, 0.2) is 0 Å². The topological polar surface area (TPSA) is 81.4 Å². The Morgan fingerprint density at radius 1 is 1.32 bits per heavy atom. The fourth-order valence-electron chi connectivity index (χ4n) is 2.01. The first-order valence-corrected chi connectivity index (χ1v) is 7.27. The largest absolute Gasteiger partial charge is 0.468 e. The summed E-state index contributed by atoms with van der Waals surface area (Å²) >= 11 is 0. The van der Waals surface area contributed by atoms with E-state index in [1.807, 2.05) is 13.8 Å². The Bertz CT molecular complexity index is 505. The van der Waals surface area contributed by atoms with Crippen molar-refractivity contribution in [3.05, 3.63) is 35.6 Å². The van der Waals surface area contributed by atoms with E-state index in [-0.39, 0.29) is 18.4 Å². The highest BCUT2D eigenvalue weighted by atomic mass is 19.1. The average molecular weight is 310 g/mol. The molecule has 0 fully saturated rings. The van der Waals surface area contributed by atoms with Crippen LogP contribution < -0.4 is 11.1 Å². The molecule has 1 aromatic rings.